The van der Waals surface area contributed by atoms with E-state index in [4.69, 9.17) is 4.74 Å². The number of nitrogens with one attached hydrogen (secondary N) is 1. The zero-order chi connectivity index (χ0) is 17.1. The maximum atomic E-state index is 12.1. The van der Waals surface area contributed by atoms with Gasteiger partial charge in [0, 0.05) is 12.3 Å². The van der Waals surface area contributed by atoms with Crippen LogP contribution in [0, 0.1) is 0 Å². The normalized spacial score (nSPS) is 10.6. The Labute approximate surface area is 138 Å². The van der Waals surface area contributed by atoms with Gasteiger partial charge in [0.2, 0.25) is 5.91 Å². The molecule has 7 nitrogen and oxygen atoms in total. The van der Waals surface area contributed by atoms with Crippen molar-refractivity contribution in [3.63, 3.8) is 0 Å². The first-order valence-electron chi connectivity index (χ1n) is 7.49. The number of amides is 1. The Hall–Kier alpha value is -3.22. The van der Waals surface area contributed by atoms with E-state index >= 15 is 0 Å². The highest BCUT2D eigenvalue weighted by molar-refractivity contribution is 5.99. The van der Waals surface area contributed by atoms with E-state index in [1.807, 2.05) is 30.3 Å². The van der Waals surface area contributed by atoms with Gasteiger partial charge >= 0.3 is 5.97 Å². The third-order valence-electron chi connectivity index (χ3n) is 3.36. The van der Waals surface area contributed by atoms with Gasteiger partial charge in [-0.1, -0.05) is 18.2 Å². The monoisotopic (exact) mass is 324 g/mol. The molecule has 0 bridgehead atoms. The summed E-state index contributed by atoms with van der Waals surface area (Å²) in [5, 5.41) is 7.80. The second-order valence-electron chi connectivity index (χ2n) is 5.08. The van der Waals surface area contributed by atoms with Crippen LogP contribution < -0.4 is 5.32 Å². The maximum Gasteiger partial charge on any atom is 0.343 e. The molecule has 7 heteroatoms. The van der Waals surface area contributed by atoms with Crippen LogP contribution in [0.15, 0.2) is 42.6 Å². The van der Waals surface area contributed by atoms with Gasteiger partial charge in [0.05, 0.1) is 18.3 Å². The Balaban J connectivity index is 2.11. The molecule has 1 amide bonds. The molecule has 0 aliphatic carbocycles. The van der Waals surface area contributed by atoms with Gasteiger partial charge in [-0.2, -0.15) is 9.78 Å². The molecule has 2 heterocycles. The molecule has 0 atom stereocenters. The van der Waals surface area contributed by atoms with Gasteiger partial charge in [0.15, 0.2) is 11.6 Å². The molecule has 0 saturated heterocycles. The number of ether oxygens (including phenoxy) is 1. The SMILES string of the molecule is CCOC(=O)c1cnn(-c2ccc3ccccc3n2)c1NC(C)=O. The van der Waals surface area contributed by atoms with Crippen LogP contribution in [0.4, 0.5) is 5.82 Å². The molecule has 2 aromatic heterocycles. The minimum absolute atomic E-state index is 0.182. The Morgan fingerprint density at radius 1 is 1.21 bits per heavy atom. The summed E-state index contributed by atoms with van der Waals surface area (Å²) in [6.07, 6.45) is 1.36. The van der Waals surface area contributed by atoms with Gasteiger partial charge in [0.25, 0.3) is 0 Å². The number of rotatable bonds is 4. The van der Waals surface area contributed by atoms with Crippen molar-refractivity contribution in [2.24, 2.45) is 0 Å². The quantitative estimate of drug-likeness (QED) is 0.745. The number of nitrogens with zero attached hydrogens (tertiary/aromatic N) is 3. The first-order valence-corrected chi connectivity index (χ1v) is 7.49. The predicted octanol–water partition coefficient (Wildman–Crippen LogP) is 2.56. The van der Waals surface area contributed by atoms with E-state index in [1.165, 1.54) is 17.8 Å². The standard InChI is InChI=1S/C17H16N4O3/c1-3-24-17(23)13-10-18-21(16(13)19-11(2)22)15-9-8-12-6-4-5-7-14(12)20-15/h4-10H,3H2,1-2H3,(H,19,22). The fraction of sp³-hybridized carbons (Fsp3) is 0.176. The molecule has 0 unspecified atom stereocenters. The highest BCUT2D eigenvalue weighted by Crippen LogP contribution is 2.22. The van der Waals surface area contributed by atoms with E-state index in [0.717, 1.165) is 10.9 Å². The van der Waals surface area contributed by atoms with E-state index in [9.17, 15) is 9.59 Å². The highest BCUT2D eigenvalue weighted by atomic mass is 16.5. The van der Waals surface area contributed by atoms with E-state index in [1.54, 1.807) is 13.0 Å². The van der Waals surface area contributed by atoms with Gasteiger partial charge in [-0.15, -0.1) is 0 Å². The topological polar surface area (TPSA) is 86.1 Å². The van der Waals surface area contributed by atoms with Crippen LogP contribution >= 0.6 is 0 Å². The largest absolute Gasteiger partial charge is 0.462 e. The summed E-state index contributed by atoms with van der Waals surface area (Å²) < 4.78 is 6.42. The second-order valence-corrected chi connectivity index (χ2v) is 5.08. The minimum Gasteiger partial charge on any atom is -0.462 e. The van der Waals surface area contributed by atoms with Crippen LogP contribution in [-0.4, -0.2) is 33.2 Å². The molecular weight excluding hydrogens is 308 g/mol. The fourth-order valence-corrected chi connectivity index (χ4v) is 2.34. The number of hydrogen-bond donors (Lipinski definition) is 1. The lowest BCUT2D eigenvalue weighted by Crippen LogP contribution is -2.15. The molecule has 0 radical (unpaired) electrons. The first kappa shape index (κ1) is 15.7. The average Bonchev–Trinajstić information content (AvgIpc) is 2.97. The Kier molecular flexibility index (Phi) is 4.24. The molecule has 0 spiro atoms. The number of carbonyl (C=O) groups is 2. The van der Waals surface area contributed by atoms with Gasteiger partial charge in [-0.05, 0) is 25.1 Å². The smallest absolute Gasteiger partial charge is 0.343 e. The van der Waals surface area contributed by atoms with Crippen molar-refractivity contribution in [1.29, 1.82) is 0 Å². The fourth-order valence-electron chi connectivity index (χ4n) is 2.34. The van der Waals surface area contributed by atoms with Gasteiger partial charge in [-0.25, -0.2) is 9.78 Å². The van der Waals surface area contributed by atoms with Crippen molar-refractivity contribution in [1.82, 2.24) is 14.8 Å². The Morgan fingerprint density at radius 3 is 2.75 bits per heavy atom. The van der Waals surface area contributed by atoms with E-state index in [0.29, 0.717) is 5.82 Å². The lowest BCUT2D eigenvalue weighted by atomic mass is 10.2. The molecule has 1 N–H and O–H groups in total. The molecule has 24 heavy (non-hydrogen) atoms. The van der Waals surface area contributed by atoms with Crippen LogP contribution in [0.2, 0.25) is 0 Å². The molecule has 3 rings (SSSR count). The van der Waals surface area contributed by atoms with Crippen LogP contribution in [0.1, 0.15) is 24.2 Å². The number of esters is 1. The zero-order valence-corrected chi connectivity index (χ0v) is 13.3. The predicted molar refractivity (Wildman–Crippen MR) is 89.1 cm³/mol. The van der Waals surface area contributed by atoms with Crippen molar-refractivity contribution < 1.29 is 14.3 Å². The highest BCUT2D eigenvalue weighted by Gasteiger charge is 2.21. The summed E-state index contributed by atoms with van der Waals surface area (Å²) in [7, 11) is 0. The van der Waals surface area contributed by atoms with Gasteiger partial charge < -0.3 is 10.1 Å². The van der Waals surface area contributed by atoms with Crippen LogP contribution in [0.3, 0.4) is 0 Å². The van der Waals surface area contributed by atoms with Gasteiger partial charge in [0.1, 0.15) is 5.56 Å². The van der Waals surface area contributed by atoms with E-state index in [2.05, 4.69) is 15.4 Å². The Bertz CT molecular complexity index is 917. The number of fused-ring (bicyclic) bond motifs is 1. The number of hydrogen-bond acceptors (Lipinski definition) is 5. The third-order valence-corrected chi connectivity index (χ3v) is 3.36. The summed E-state index contributed by atoms with van der Waals surface area (Å²) in [4.78, 5) is 28.1. The van der Waals surface area contributed by atoms with Crippen molar-refractivity contribution in [2.75, 3.05) is 11.9 Å². The summed E-state index contributed by atoms with van der Waals surface area (Å²) in [6.45, 7) is 3.31. The molecule has 3 aromatic rings. The summed E-state index contributed by atoms with van der Waals surface area (Å²) in [5.41, 5.74) is 0.971. The average molecular weight is 324 g/mol. The third kappa shape index (κ3) is 2.96. The molecule has 0 aliphatic rings. The second kappa shape index (κ2) is 6.49. The summed E-state index contributed by atoms with van der Waals surface area (Å²) in [6, 6.07) is 11.3. The lowest BCUT2D eigenvalue weighted by Gasteiger charge is -2.09. The lowest BCUT2D eigenvalue weighted by molar-refractivity contribution is -0.114. The molecule has 0 fully saturated rings. The first-order chi connectivity index (χ1) is 11.6. The zero-order valence-electron chi connectivity index (χ0n) is 13.3. The number of aromatic nitrogens is 3. The molecular formula is C17H16N4O3. The number of carbonyl (C=O) groups excluding carboxylic acids is 2. The Morgan fingerprint density at radius 2 is 2.00 bits per heavy atom. The van der Waals surface area contributed by atoms with Crippen LogP contribution in [-0.2, 0) is 9.53 Å². The molecule has 1 aromatic carbocycles. The minimum atomic E-state index is -0.548. The number of pyridine rings is 1. The van der Waals surface area contributed by atoms with E-state index < -0.39 is 5.97 Å². The van der Waals surface area contributed by atoms with Crippen LogP contribution in [0.5, 0.6) is 0 Å². The van der Waals surface area contributed by atoms with Crippen LogP contribution in [0.25, 0.3) is 16.7 Å². The molecule has 0 aliphatic heterocycles. The van der Waals surface area contributed by atoms with Crippen molar-refractivity contribution in [3.05, 3.63) is 48.2 Å². The molecule has 0 saturated carbocycles. The van der Waals surface area contributed by atoms with Crippen molar-refractivity contribution >= 4 is 28.6 Å². The van der Waals surface area contributed by atoms with Crippen molar-refractivity contribution in [3.8, 4) is 5.82 Å². The number of benzene rings is 1. The molecule has 122 valence electrons. The maximum absolute atomic E-state index is 12.1. The van der Waals surface area contributed by atoms with E-state index in [-0.39, 0.29) is 23.9 Å². The summed E-state index contributed by atoms with van der Waals surface area (Å²) >= 11 is 0. The number of para-hydroxylation sites is 1. The van der Waals surface area contributed by atoms with Gasteiger partial charge in [-0.3, -0.25) is 4.79 Å². The number of anilines is 1. The summed E-state index contributed by atoms with van der Waals surface area (Å²) in [5.74, 6) is -0.131. The van der Waals surface area contributed by atoms with Crippen molar-refractivity contribution in [2.45, 2.75) is 13.8 Å².